The smallest absolute Gasteiger partial charge is 0.261 e. The molecule has 0 aromatic carbocycles. The standard InChI is InChI=1S/C12H19N3OS/c1-14-6-8-15(9-7-14)5-4-13-12(16)11-3-2-10-17-11/h2-3,10H,4-9H2,1H3,(H,13,16). The molecule has 1 aromatic heterocycles. The monoisotopic (exact) mass is 253 g/mol. The van der Waals surface area contributed by atoms with E-state index in [0.717, 1.165) is 44.1 Å². The van der Waals surface area contributed by atoms with Gasteiger partial charge in [0.25, 0.3) is 5.91 Å². The van der Waals surface area contributed by atoms with Crippen LogP contribution in [0.25, 0.3) is 0 Å². The largest absolute Gasteiger partial charge is 0.350 e. The molecule has 2 rings (SSSR count). The maximum absolute atomic E-state index is 11.7. The molecule has 1 fully saturated rings. The average molecular weight is 253 g/mol. The van der Waals surface area contributed by atoms with Gasteiger partial charge in [0.1, 0.15) is 0 Å². The number of piperazine rings is 1. The van der Waals surface area contributed by atoms with Gasteiger partial charge in [-0.3, -0.25) is 9.69 Å². The lowest BCUT2D eigenvalue weighted by atomic mass is 10.3. The Kier molecular flexibility index (Phi) is 4.53. The van der Waals surface area contributed by atoms with E-state index in [9.17, 15) is 4.79 Å². The first-order valence-corrected chi connectivity index (χ1v) is 6.86. The minimum absolute atomic E-state index is 0.0501. The first kappa shape index (κ1) is 12.5. The van der Waals surface area contributed by atoms with Crippen LogP contribution < -0.4 is 5.32 Å². The van der Waals surface area contributed by atoms with Crippen molar-refractivity contribution in [1.29, 1.82) is 0 Å². The van der Waals surface area contributed by atoms with Gasteiger partial charge in [0.05, 0.1) is 4.88 Å². The normalized spacial score (nSPS) is 18.2. The van der Waals surface area contributed by atoms with Crippen molar-refractivity contribution in [3.63, 3.8) is 0 Å². The summed E-state index contributed by atoms with van der Waals surface area (Å²) >= 11 is 1.49. The molecule has 1 saturated heterocycles. The van der Waals surface area contributed by atoms with Crippen molar-refractivity contribution in [1.82, 2.24) is 15.1 Å². The third-order valence-corrected chi connectivity index (χ3v) is 3.92. The van der Waals surface area contributed by atoms with Crippen LogP contribution >= 0.6 is 11.3 Å². The van der Waals surface area contributed by atoms with E-state index < -0.39 is 0 Å². The second-order valence-corrected chi connectivity index (χ2v) is 5.33. The quantitative estimate of drug-likeness (QED) is 0.859. The lowest BCUT2D eigenvalue weighted by Gasteiger charge is -2.32. The molecule has 0 aliphatic carbocycles. The molecular weight excluding hydrogens is 234 g/mol. The molecule has 0 radical (unpaired) electrons. The summed E-state index contributed by atoms with van der Waals surface area (Å²) in [5, 5.41) is 4.89. The van der Waals surface area contributed by atoms with Crippen LogP contribution in [0.3, 0.4) is 0 Å². The lowest BCUT2D eigenvalue weighted by molar-refractivity contribution is 0.0945. The molecule has 4 nitrogen and oxygen atoms in total. The number of carbonyl (C=O) groups excluding carboxylic acids is 1. The van der Waals surface area contributed by atoms with Crippen molar-refractivity contribution in [3.8, 4) is 0 Å². The predicted octanol–water partition coefficient (Wildman–Crippen LogP) is 0.725. The SMILES string of the molecule is CN1CCN(CCNC(=O)c2cccs2)CC1. The van der Waals surface area contributed by atoms with E-state index in [2.05, 4.69) is 22.2 Å². The Morgan fingerprint density at radius 1 is 1.41 bits per heavy atom. The fourth-order valence-electron chi connectivity index (χ4n) is 1.89. The maximum atomic E-state index is 11.7. The third-order valence-electron chi connectivity index (χ3n) is 3.05. The number of thiophene rings is 1. The molecule has 17 heavy (non-hydrogen) atoms. The second kappa shape index (κ2) is 6.14. The van der Waals surface area contributed by atoms with Crippen molar-refractivity contribution >= 4 is 17.2 Å². The summed E-state index contributed by atoms with van der Waals surface area (Å²) in [6.07, 6.45) is 0. The fraction of sp³-hybridized carbons (Fsp3) is 0.583. The van der Waals surface area contributed by atoms with Gasteiger partial charge in [0, 0.05) is 39.3 Å². The topological polar surface area (TPSA) is 35.6 Å². The van der Waals surface area contributed by atoms with Crippen molar-refractivity contribution < 1.29 is 4.79 Å². The molecule has 1 aromatic rings. The van der Waals surface area contributed by atoms with E-state index in [1.807, 2.05) is 17.5 Å². The average Bonchev–Trinajstić information content (AvgIpc) is 2.85. The zero-order chi connectivity index (χ0) is 12.1. The van der Waals surface area contributed by atoms with E-state index in [-0.39, 0.29) is 5.91 Å². The molecule has 1 aliphatic heterocycles. The lowest BCUT2D eigenvalue weighted by Crippen LogP contribution is -2.46. The molecule has 0 unspecified atom stereocenters. The number of carbonyl (C=O) groups is 1. The molecular formula is C12H19N3OS. The number of amides is 1. The van der Waals surface area contributed by atoms with Crippen molar-refractivity contribution in [2.24, 2.45) is 0 Å². The van der Waals surface area contributed by atoms with Gasteiger partial charge in [-0.1, -0.05) is 6.07 Å². The Morgan fingerprint density at radius 3 is 2.82 bits per heavy atom. The van der Waals surface area contributed by atoms with E-state index in [4.69, 9.17) is 0 Å². The number of nitrogens with one attached hydrogen (secondary N) is 1. The summed E-state index contributed by atoms with van der Waals surface area (Å²) in [5.41, 5.74) is 0. The van der Waals surface area contributed by atoms with Gasteiger partial charge in [0.2, 0.25) is 0 Å². The van der Waals surface area contributed by atoms with Gasteiger partial charge >= 0.3 is 0 Å². The molecule has 0 bridgehead atoms. The summed E-state index contributed by atoms with van der Waals surface area (Å²) < 4.78 is 0. The van der Waals surface area contributed by atoms with Gasteiger partial charge < -0.3 is 10.2 Å². The summed E-state index contributed by atoms with van der Waals surface area (Å²) in [6.45, 7) is 6.14. The van der Waals surface area contributed by atoms with Crippen LogP contribution in [0.5, 0.6) is 0 Å². The Labute approximate surface area is 106 Å². The van der Waals surface area contributed by atoms with Crippen molar-refractivity contribution in [3.05, 3.63) is 22.4 Å². The molecule has 1 amide bonds. The number of nitrogens with zero attached hydrogens (tertiary/aromatic N) is 2. The van der Waals surface area contributed by atoms with E-state index >= 15 is 0 Å². The van der Waals surface area contributed by atoms with Crippen LogP contribution in [-0.2, 0) is 0 Å². The fourth-order valence-corrected chi connectivity index (χ4v) is 2.53. The van der Waals surface area contributed by atoms with E-state index in [1.165, 1.54) is 11.3 Å². The molecule has 1 aliphatic rings. The zero-order valence-electron chi connectivity index (χ0n) is 10.2. The third kappa shape index (κ3) is 3.80. The Bertz CT molecular complexity index is 345. The summed E-state index contributed by atoms with van der Waals surface area (Å²) in [5.74, 6) is 0.0501. The van der Waals surface area contributed by atoms with Crippen LogP contribution in [0.15, 0.2) is 17.5 Å². The Hall–Kier alpha value is -0.910. The molecule has 0 atom stereocenters. The summed E-state index contributed by atoms with van der Waals surface area (Å²) in [7, 11) is 2.15. The van der Waals surface area contributed by atoms with E-state index in [1.54, 1.807) is 0 Å². The highest BCUT2D eigenvalue weighted by atomic mass is 32.1. The Balaban J connectivity index is 1.64. The first-order chi connectivity index (χ1) is 8.25. The van der Waals surface area contributed by atoms with Gasteiger partial charge in [-0.25, -0.2) is 0 Å². The maximum Gasteiger partial charge on any atom is 0.261 e. The number of hydrogen-bond donors (Lipinski definition) is 1. The van der Waals surface area contributed by atoms with Gasteiger partial charge in [0.15, 0.2) is 0 Å². The molecule has 1 N–H and O–H groups in total. The number of likely N-dealkylation sites (N-methyl/N-ethyl adjacent to an activating group) is 1. The first-order valence-electron chi connectivity index (χ1n) is 5.98. The summed E-state index contributed by atoms with van der Waals surface area (Å²) in [6, 6.07) is 3.76. The van der Waals surface area contributed by atoms with Crippen LogP contribution in [0, 0.1) is 0 Å². The molecule has 2 heterocycles. The second-order valence-electron chi connectivity index (χ2n) is 4.38. The molecule has 0 saturated carbocycles. The highest BCUT2D eigenvalue weighted by Crippen LogP contribution is 2.07. The van der Waals surface area contributed by atoms with Gasteiger partial charge in [-0.05, 0) is 18.5 Å². The van der Waals surface area contributed by atoms with Crippen LogP contribution in [0.4, 0.5) is 0 Å². The molecule has 5 heteroatoms. The minimum Gasteiger partial charge on any atom is -0.350 e. The summed E-state index contributed by atoms with van der Waals surface area (Å²) in [4.78, 5) is 17.2. The predicted molar refractivity (Wildman–Crippen MR) is 70.6 cm³/mol. The van der Waals surface area contributed by atoms with Gasteiger partial charge in [-0.15, -0.1) is 11.3 Å². The van der Waals surface area contributed by atoms with Gasteiger partial charge in [-0.2, -0.15) is 0 Å². The zero-order valence-corrected chi connectivity index (χ0v) is 11.0. The van der Waals surface area contributed by atoms with Crippen molar-refractivity contribution in [2.75, 3.05) is 46.3 Å². The highest BCUT2D eigenvalue weighted by molar-refractivity contribution is 7.12. The van der Waals surface area contributed by atoms with Crippen LogP contribution in [0.2, 0.25) is 0 Å². The number of rotatable bonds is 4. The molecule has 94 valence electrons. The van der Waals surface area contributed by atoms with E-state index in [0.29, 0.717) is 0 Å². The number of hydrogen-bond acceptors (Lipinski definition) is 4. The van der Waals surface area contributed by atoms with Crippen LogP contribution in [-0.4, -0.2) is 62.0 Å². The Morgan fingerprint density at radius 2 is 2.18 bits per heavy atom. The molecule has 0 spiro atoms. The minimum atomic E-state index is 0.0501. The van der Waals surface area contributed by atoms with Crippen LogP contribution in [0.1, 0.15) is 9.67 Å². The van der Waals surface area contributed by atoms with Crippen molar-refractivity contribution in [2.45, 2.75) is 0 Å². The highest BCUT2D eigenvalue weighted by Gasteiger charge is 2.13.